The summed E-state index contributed by atoms with van der Waals surface area (Å²) in [5, 5.41) is 2.60. The molecule has 0 aliphatic carbocycles. The van der Waals surface area contributed by atoms with Crippen LogP contribution in [0, 0.1) is 0 Å². The molecule has 1 unspecified atom stereocenters. The van der Waals surface area contributed by atoms with Gasteiger partial charge in [0.15, 0.2) is 0 Å². The van der Waals surface area contributed by atoms with Crippen LogP contribution in [0.15, 0.2) is 30.3 Å². The average Bonchev–Trinajstić information content (AvgIpc) is 2.42. The van der Waals surface area contributed by atoms with E-state index in [0.717, 1.165) is 0 Å². The molecule has 2 amide bonds. The maximum atomic E-state index is 12.4. The second-order valence-corrected chi connectivity index (χ2v) is 6.03. The molecule has 0 heterocycles. The Bertz CT molecular complexity index is 485. The molecule has 116 valence electrons. The van der Waals surface area contributed by atoms with Gasteiger partial charge < -0.3 is 10.1 Å². The molecule has 0 saturated carbocycles. The molecule has 0 aliphatic heterocycles. The highest BCUT2D eigenvalue weighted by Gasteiger charge is 2.27. The second kappa shape index (κ2) is 7.36. The Hall–Kier alpha value is -1.69. The van der Waals surface area contributed by atoms with Crippen LogP contribution in [-0.4, -0.2) is 28.5 Å². The van der Waals surface area contributed by atoms with Crippen LogP contribution in [0.25, 0.3) is 0 Å². The van der Waals surface area contributed by atoms with E-state index in [4.69, 9.17) is 4.74 Å². The molecule has 0 radical (unpaired) electrons. The largest absolute Gasteiger partial charge is 0.444 e. The summed E-state index contributed by atoms with van der Waals surface area (Å²) >= 11 is 4.11. The van der Waals surface area contributed by atoms with Gasteiger partial charge in [-0.1, -0.05) is 43.1 Å². The lowest BCUT2D eigenvalue weighted by molar-refractivity contribution is -0.128. The first-order valence-electron chi connectivity index (χ1n) is 6.79. The highest BCUT2D eigenvalue weighted by atomic mass is 32.1. The second-order valence-electron chi connectivity index (χ2n) is 5.54. The van der Waals surface area contributed by atoms with Gasteiger partial charge in [0.25, 0.3) is 5.91 Å². The molecule has 1 N–H and O–H groups in total. The number of benzene rings is 1. The molecule has 0 aromatic heterocycles. The lowest BCUT2D eigenvalue weighted by Crippen LogP contribution is -2.41. The monoisotopic (exact) mass is 310 g/mol. The SMILES string of the molecule is CCN(S)C(=O)C(NC(=O)OC(C)(C)C)c1ccccc1. The smallest absolute Gasteiger partial charge is 0.408 e. The van der Waals surface area contributed by atoms with Crippen molar-refractivity contribution in [3.63, 3.8) is 0 Å². The first-order chi connectivity index (χ1) is 9.74. The van der Waals surface area contributed by atoms with Gasteiger partial charge in [0.2, 0.25) is 0 Å². The summed E-state index contributed by atoms with van der Waals surface area (Å²) in [7, 11) is 0. The van der Waals surface area contributed by atoms with Crippen molar-refractivity contribution < 1.29 is 14.3 Å². The van der Waals surface area contributed by atoms with Gasteiger partial charge in [-0.05, 0) is 33.3 Å². The summed E-state index contributed by atoms with van der Waals surface area (Å²) in [4.78, 5) is 24.3. The average molecular weight is 310 g/mol. The number of carbonyl (C=O) groups excluding carboxylic acids is 2. The van der Waals surface area contributed by atoms with E-state index in [1.807, 2.05) is 6.07 Å². The molecule has 1 aromatic carbocycles. The van der Waals surface area contributed by atoms with Crippen molar-refractivity contribution >= 4 is 24.8 Å². The Balaban J connectivity index is 2.93. The van der Waals surface area contributed by atoms with Gasteiger partial charge in [-0.15, -0.1) is 0 Å². The molecule has 1 aromatic rings. The van der Waals surface area contributed by atoms with E-state index >= 15 is 0 Å². The molecular weight excluding hydrogens is 288 g/mol. The third-order valence-corrected chi connectivity index (χ3v) is 3.07. The van der Waals surface area contributed by atoms with Crippen molar-refractivity contribution in [1.82, 2.24) is 9.62 Å². The number of alkyl carbamates (subject to hydrolysis) is 1. The summed E-state index contributed by atoms with van der Waals surface area (Å²) < 4.78 is 6.47. The van der Waals surface area contributed by atoms with Gasteiger partial charge in [0, 0.05) is 6.54 Å². The minimum absolute atomic E-state index is 0.308. The highest BCUT2D eigenvalue weighted by molar-refractivity contribution is 7.78. The maximum absolute atomic E-state index is 12.4. The molecule has 0 saturated heterocycles. The fourth-order valence-electron chi connectivity index (χ4n) is 1.66. The molecule has 0 bridgehead atoms. The van der Waals surface area contributed by atoms with Crippen LogP contribution >= 0.6 is 12.8 Å². The lowest BCUT2D eigenvalue weighted by atomic mass is 10.1. The minimum Gasteiger partial charge on any atom is -0.444 e. The van der Waals surface area contributed by atoms with E-state index in [2.05, 4.69) is 18.1 Å². The zero-order chi connectivity index (χ0) is 16.0. The van der Waals surface area contributed by atoms with E-state index in [-0.39, 0.29) is 5.91 Å². The van der Waals surface area contributed by atoms with Gasteiger partial charge in [-0.25, -0.2) is 4.79 Å². The molecule has 5 nitrogen and oxygen atoms in total. The maximum Gasteiger partial charge on any atom is 0.408 e. The number of hydrogen-bond acceptors (Lipinski definition) is 4. The Morgan fingerprint density at radius 3 is 2.33 bits per heavy atom. The van der Waals surface area contributed by atoms with Gasteiger partial charge in [-0.2, -0.15) is 0 Å². The van der Waals surface area contributed by atoms with Gasteiger partial charge in [0.1, 0.15) is 11.6 Å². The van der Waals surface area contributed by atoms with E-state index < -0.39 is 17.7 Å². The molecular formula is C15H22N2O3S. The first kappa shape index (κ1) is 17.4. The van der Waals surface area contributed by atoms with Crippen LogP contribution in [-0.2, 0) is 9.53 Å². The van der Waals surface area contributed by atoms with Gasteiger partial charge >= 0.3 is 6.09 Å². The van der Waals surface area contributed by atoms with Crippen LogP contribution in [0.3, 0.4) is 0 Å². The third-order valence-electron chi connectivity index (χ3n) is 2.59. The van der Waals surface area contributed by atoms with Crippen molar-refractivity contribution in [3.8, 4) is 0 Å². The number of amides is 2. The van der Waals surface area contributed by atoms with Crippen molar-refractivity contribution in [2.24, 2.45) is 0 Å². The van der Waals surface area contributed by atoms with Crippen molar-refractivity contribution in [2.75, 3.05) is 6.54 Å². The van der Waals surface area contributed by atoms with Crippen LogP contribution in [0.4, 0.5) is 4.79 Å². The number of likely N-dealkylation sites (N-methyl/N-ethyl adjacent to an activating group) is 1. The Labute approximate surface area is 131 Å². The van der Waals surface area contributed by atoms with E-state index in [9.17, 15) is 9.59 Å². The van der Waals surface area contributed by atoms with E-state index in [1.54, 1.807) is 52.0 Å². The van der Waals surface area contributed by atoms with E-state index in [0.29, 0.717) is 12.1 Å². The zero-order valence-corrected chi connectivity index (χ0v) is 13.7. The molecule has 1 atom stereocenters. The van der Waals surface area contributed by atoms with Gasteiger partial charge in [0.05, 0.1) is 0 Å². The lowest BCUT2D eigenvalue weighted by Gasteiger charge is -2.25. The summed E-state index contributed by atoms with van der Waals surface area (Å²) in [5.74, 6) is -0.308. The molecule has 0 spiro atoms. The van der Waals surface area contributed by atoms with E-state index in [1.165, 1.54) is 4.31 Å². The molecule has 0 aliphatic rings. The fourth-order valence-corrected chi connectivity index (χ4v) is 1.78. The number of carbonyl (C=O) groups is 2. The number of ether oxygens (including phenoxy) is 1. The van der Waals surface area contributed by atoms with Gasteiger partial charge in [-0.3, -0.25) is 9.10 Å². The molecule has 21 heavy (non-hydrogen) atoms. The summed E-state index contributed by atoms with van der Waals surface area (Å²) in [6.45, 7) is 7.54. The van der Waals surface area contributed by atoms with Crippen molar-refractivity contribution in [3.05, 3.63) is 35.9 Å². The Kier molecular flexibility index (Phi) is 6.08. The first-order valence-corrected chi connectivity index (χ1v) is 7.19. The predicted octanol–water partition coefficient (Wildman–Crippen LogP) is 2.95. The predicted molar refractivity (Wildman–Crippen MR) is 84.9 cm³/mol. The number of thiol groups is 1. The Morgan fingerprint density at radius 2 is 1.86 bits per heavy atom. The Morgan fingerprint density at radius 1 is 1.29 bits per heavy atom. The van der Waals surface area contributed by atoms with Crippen molar-refractivity contribution in [2.45, 2.75) is 39.3 Å². The number of hydrogen-bond donors (Lipinski definition) is 2. The topological polar surface area (TPSA) is 58.6 Å². The van der Waals surface area contributed by atoms with Crippen LogP contribution < -0.4 is 5.32 Å². The van der Waals surface area contributed by atoms with Crippen LogP contribution in [0.1, 0.15) is 39.3 Å². The third kappa shape index (κ3) is 5.67. The quantitative estimate of drug-likeness (QED) is 0.841. The summed E-state index contributed by atoms with van der Waals surface area (Å²) in [6.07, 6.45) is -0.637. The molecule has 0 fully saturated rings. The number of rotatable bonds is 4. The summed E-state index contributed by atoms with van der Waals surface area (Å²) in [5.41, 5.74) is 0.0561. The fraction of sp³-hybridized carbons (Fsp3) is 0.467. The normalized spacial score (nSPS) is 12.4. The summed E-state index contributed by atoms with van der Waals surface area (Å²) in [6, 6.07) is 8.19. The minimum atomic E-state index is -0.821. The number of nitrogens with one attached hydrogen (secondary N) is 1. The van der Waals surface area contributed by atoms with Crippen LogP contribution in [0.5, 0.6) is 0 Å². The number of nitrogens with zero attached hydrogens (tertiary/aromatic N) is 1. The van der Waals surface area contributed by atoms with Crippen LogP contribution in [0.2, 0.25) is 0 Å². The van der Waals surface area contributed by atoms with Crippen molar-refractivity contribution in [1.29, 1.82) is 0 Å². The standard InChI is InChI=1S/C15H22N2O3S/c1-5-17(21)13(18)12(11-9-7-6-8-10-11)16-14(19)20-15(2,3)4/h6-10,12,21H,5H2,1-4H3,(H,16,19). The molecule has 6 heteroatoms. The zero-order valence-electron chi connectivity index (χ0n) is 12.8. The molecule has 1 rings (SSSR count). The highest BCUT2D eigenvalue weighted by Crippen LogP contribution is 2.18.